The Labute approximate surface area is 162 Å². The topological polar surface area (TPSA) is 93.9 Å². The number of aliphatic imine (C=N–C) groups is 3. The molecular formula is C16H26N4O4S2. The van der Waals surface area contributed by atoms with Crippen LogP contribution in [0.3, 0.4) is 0 Å². The Morgan fingerprint density at radius 1 is 0.962 bits per heavy atom. The van der Waals surface area contributed by atoms with Crippen LogP contribution in [-0.2, 0) is 19.0 Å². The van der Waals surface area contributed by atoms with Crippen molar-refractivity contribution < 1.29 is 19.0 Å². The van der Waals surface area contributed by atoms with Crippen LogP contribution in [0.1, 0.15) is 20.8 Å². The molecule has 0 fully saturated rings. The predicted octanol–water partition coefficient (Wildman–Crippen LogP) is 1.55. The summed E-state index contributed by atoms with van der Waals surface area (Å²) in [5, 5.41) is 2.81. The second kappa shape index (κ2) is 11.3. The van der Waals surface area contributed by atoms with Gasteiger partial charge in [-0.3, -0.25) is 4.79 Å². The molecule has 0 aliphatic carbocycles. The molecule has 1 N–H and O–H groups in total. The number of carbonyl (C=O) groups excluding carboxylic acids is 1. The maximum absolute atomic E-state index is 11.9. The van der Waals surface area contributed by atoms with Crippen LogP contribution in [0.5, 0.6) is 0 Å². The van der Waals surface area contributed by atoms with Crippen LogP contribution in [0.4, 0.5) is 0 Å². The van der Waals surface area contributed by atoms with Crippen molar-refractivity contribution in [1.82, 2.24) is 5.32 Å². The second-order valence-corrected chi connectivity index (χ2v) is 7.87. The van der Waals surface area contributed by atoms with Crippen LogP contribution in [0, 0.1) is 0 Å². The molecule has 0 saturated carbocycles. The first-order chi connectivity index (χ1) is 12.7. The maximum atomic E-state index is 11.9. The summed E-state index contributed by atoms with van der Waals surface area (Å²) in [7, 11) is 3.21. The first-order valence-electron chi connectivity index (χ1n) is 8.76. The molecule has 2 heterocycles. The highest BCUT2D eigenvalue weighted by Crippen LogP contribution is 2.26. The van der Waals surface area contributed by atoms with E-state index in [4.69, 9.17) is 14.2 Å². The fraction of sp³-hybridized carbons (Fsp3) is 0.750. The van der Waals surface area contributed by atoms with Crippen molar-refractivity contribution in [3.63, 3.8) is 0 Å². The molecule has 1 amide bonds. The van der Waals surface area contributed by atoms with E-state index in [1.54, 1.807) is 21.6 Å². The lowest BCUT2D eigenvalue weighted by molar-refractivity contribution is -0.122. The highest BCUT2D eigenvalue weighted by atomic mass is 33.1. The molecule has 8 nitrogen and oxygen atoms in total. The predicted molar refractivity (Wildman–Crippen MR) is 108 cm³/mol. The fourth-order valence-electron chi connectivity index (χ4n) is 2.32. The molecule has 0 spiro atoms. The minimum atomic E-state index is -0.420. The zero-order chi connectivity index (χ0) is 18.8. The summed E-state index contributed by atoms with van der Waals surface area (Å²) in [5.74, 6) is 3.08. The number of hydrogen-bond acceptors (Lipinski definition) is 9. The molecule has 0 unspecified atom stereocenters. The molecule has 2 aliphatic rings. The Balaban J connectivity index is 1.82. The third-order valence-corrected chi connectivity index (χ3v) is 5.81. The summed E-state index contributed by atoms with van der Waals surface area (Å²) in [6.07, 6.45) is 0. The number of nitrogens with zero attached hydrogens (tertiary/aromatic N) is 3. The molecule has 0 aromatic heterocycles. The van der Waals surface area contributed by atoms with E-state index in [2.05, 4.69) is 20.3 Å². The van der Waals surface area contributed by atoms with E-state index >= 15 is 0 Å². The third kappa shape index (κ3) is 6.39. The van der Waals surface area contributed by atoms with Gasteiger partial charge in [0.25, 0.3) is 0 Å². The molecule has 146 valence electrons. The van der Waals surface area contributed by atoms with Gasteiger partial charge in [-0.2, -0.15) is 0 Å². The van der Waals surface area contributed by atoms with Gasteiger partial charge >= 0.3 is 0 Å². The van der Waals surface area contributed by atoms with Crippen molar-refractivity contribution in [1.29, 1.82) is 0 Å². The molecular weight excluding hydrogens is 376 g/mol. The Kier molecular flexibility index (Phi) is 9.10. The van der Waals surface area contributed by atoms with E-state index in [1.807, 2.05) is 20.8 Å². The Hall–Kier alpha value is -1.42. The van der Waals surface area contributed by atoms with Gasteiger partial charge in [0.15, 0.2) is 0 Å². The molecule has 2 atom stereocenters. The first-order valence-corrected chi connectivity index (χ1v) is 11.2. The average Bonchev–Trinajstić information content (AvgIpc) is 2.63. The van der Waals surface area contributed by atoms with Crippen LogP contribution in [-0.4, -0.2) is 80.1 Å². The van der Waals surface area contributed by atoms with Gasteiger partial charge in [-0.15, -0.1) is 0 Å². The summed E-state index contributed by atoms with van der Waals surface area (Å²) >= 11 is 0. The summed E-state index contributed by atoms with van der Waals surface area (Å²) in [6.45, 7) is 8.23. The van der Waals surface area contributed by atoms with Gasteiger partial charge in [-0.1, -0.05) is 21.6 Å². The van der Waals surface area contributed by atoms with Gasteiger partial charge in [-0.05, 0) is 20.8 Å². The van der Waals surface area contributed by atoms with Crippen molar-refractivity contribution in [2.45, 2.75) is 32.9 Å². The number of rotatable bonds is 8. The summed E-state index contributed by atoms with van der Waals surface area (Å²) < 4.78 is 16.5. The largest absolute Gasteiger partial charge is 0.480 e. The van der Waals surface area contributed by atoms with Crippen molar-refractivity contribution in [3.05, 3.63) is 0 Å². The highest BCUT2D eigenvalue weighted by molar-refractivity contribution is 8.76. The quantitative estimate of drug-likeness (QED) is 0.489. The lowest BCUT2D eigenvalue weighted by atomic mass is 10.3. The molecule has 0 radical (unpaired) electrons. The van der Waals surface area contributed by atoms with Gasteiger partial charge in [0.2, 0.25) is 23.6 Å². The molecule has 2 rings (SSSR count). The standard InChI is InChI=1S/C16H26N4O4S2/c1-4-22-13-7-17-15(21)11(19-13)9-25-26-10-12-16(24-6-3)18-8-14(20-12)23-5-2/h11-12H,4-10H2,1-3H3,(H,17,21)/t11-,12-/m0/s1. The Morgan fingerprint density at radius 3 is 2.27 bits per heavy atom. The molecule has 0 saturated heterocycles. The van der Waals surface area contributed by atoms with Gasteiger partial charge in [-0.25, -0.2) is 15.0 Å². The molecule has 0 aromatic carbocycles. The van der Waals surface area contributed by atoms with Gasteiger partial charge in [0, 0.05) is 11.5 Å². The minimum Gasteiger partial charge on any atom is -0.480 e. The summed E-state index contributed by atoms with van der Waals surface area (Å²) in [6, 6.07) is -0.581. The van der Waals surface area contributed by atoms with Crippen molar-refractivity contribution >= 4 is 45.2 Å². The SMILES string of the molecule is CCOC1=N[C@@H](CSSC[C@@H]2N=C(OCC)CN=C2OCC)C(=O)NC1. The average molecular weight is 403 g/mol. The van der Waals surface area contributed by atoms with E-state index in [0.29, 0.717) is 62.1 Å². The van der Waals surface area contributed by atoms with Gasteiger partial charge in [0.1, 0.15) is 18.6 Å². The number of carbonyl (C=O) groups is 1. The first kappa shape index (κ1) is 20.9. The lowest BCUT2D eigenvalue weighted by Crippen LogP contribution is -2.44. The zero-order valence-electron chi connectivity index (χ0n) is 15.4. The number of amides is 1. The van der Waals surface area contributed by atoms with Crippen LogP contribution in [0.15, 0.2) is 15.0 Å². The van der Waals surface area contributed by atoms with Crippen LogP contribution < -0.4 is 5.32 Å². The zero-order valence-corrected chi connectivity index (χ0v) is 17.0. The number of ether oxygens (including phenoxy) is 3. The van der Waals surface area contributed by atoms with Crippen molar-refractivity contribution in [3.8, 4) is 0 Å². The highest BCUT2D eigenvalue weighted by Gasteiger charge is 2.26. The Bertz CT molecular complexity index is 568. The van der Waals surface area contributed by atoms with Crippen LogP contribution in [0.2, 0.25) is 0 Å². The smallest absolute Gasteiger partial charge is 0.246 e. The fourth-order valence-corrected chi connectivity index (χ4v) is 4.56. The van der Waals surface area contributed by atoms with Crippen LogP contribution >= 0.6 is 21.6 Å². The normalized spacial score (nSPS) is 22.7. The monoisotopic (exact) mass is 402 g/mol. The van der Waals surface area contributed by atoms with E-state index in [0.717, 1.165) is 0 Å². The summed E-state index contributed by atoms with van der Waals surface area (Å²) in [5.41, 5.74) is 0. The summed E-state index contributed by atoms with van der Waals surface area (Å²) in [4.78, 5) is 25.3. The minimum absolute atomic E-state index is 0.0626. The van der Waals surface area contributed by atoms with Crippen molar-refractivity contribution in [2.24, 2.45) is 15.0 Å². The number of nitrogens with one attached hydrogen (secondary N) is 1. The maximum Gasteiger partial charge on any atom is 0.246 e. The molecule has 10 heteroatoms. The van der Waals surface area contributed by atoms with Gasteiger partial charge in [0.05, 0.1) is 26.4 Å². The molecule has 2 aliphatic heterocycles. The lowest BCUT2D eigenvalue weighted by Gasteiger charge is -2.22. The van der Waals surface area contributed by atoms with E-state index < -0.39 is 6.04 Å². The molecule has 0 bridgehead atoms. The molecule has 0 aromatic rings. The van der Waals surface area contributed by atoms with Crippen molar-refractivity contribution in [2.75, 3.05) is 44.4 Å². The number of hydrogen-bond donors (Lipinski definition) is 1. The van der Waals surface area contributed by atoms with Crippen LogP contribution in [0.25, 0.3) is 0 Å². The van der Waals surface area contributed by atoms with E-state index in [-0.39, 0.29) is 11.9 Å². The Morgan fingerprint density at radius 2 is 1.58 bits per heavy atom. The van der Waals surface area contributed by atoms with E-state index in [9.17, 15) is 4.79 Å². The third-order valence-electron chi connectivity index (χ3n) is 3.42. The van der Waals surface area contributed by atoms with Gasteiger partial charge < -0.3 is 19.5 Å². The molecule has 26 heavy (non-hydrogen) atoms. The van der Waals surface area contributed by atoms with E-state index in [1.165, 1.54) is 0 Å². The second-order valence-electron chi connectivity index (χ2n) is 5.32.